The van der Waals surface area contributed by atoms with Gasteiger partial charge in [-0.2, -0.15) is 0 Å². The quantitative estimate of drug-likeness (QED) is 0.843. The summed E-state index contributed by atoms with van der Waals surface area (Å²) >= 11 is 0. The van der Waals surface area contributed by atoms with Gasteiger partial charge in [-0.05, 0) is 44.4 Å². The number of carbonyl (C=O) groups excluding carboxylic acids is 1. The topological polar surface area (TPSA) is 49.8 Å². The maximum absolute atomic E-state index is 12.3. The Morgan fingerprint density at radius 1 is 1.15 bits per heavy atom. The SMILES string of the molecule is O=C(CC1CCCC1)N1CCC2(CC1)OCCC[C@H]2O. The highest BCUT2D eigenvalue weighted by Crippen LogP contribution is 2.36. The number of carbonyl (C=O) groups is 1. The molecule has 1 N–H and O–H groups in total. The third kappa shape index (κ3) is 2.86. The van der Waals surface area contributed by atoms with Crippen molar-refractivity contribution < 1.29 is 14.6 Å². The summed E-state index contributed by atoms with van der Waals surface area (Å²) in [6.45, 7) is 2.26. The van der Waals surface area contributed by atoms with E-state index in [1.807, 2.05) is 4.90 Å². The van der Waals surface area contributed by atoms with Gasteiger partial charge in [-0.1, -0.05) is 12.8 Å². The fourth-order valence-electron chi connectivity index (χ4n) is 4.11. The Bertz CT molecular complexity index is 344. The number of amides is 1. The van der Waals surface area contributed by atoms with Gasteiger partial charge in [0.05, 0.1) is 11.7 Å². The van der Waals surface area contributed by atoms with Crippen LogP contribution in [0.1, 0.15) is 57.8 Å². The van der Waals surface area contributed by atoms with E-state index in [9.17, 15) is 9.90 Å². The van der Waals surface area contributed by atoms with Crippen molar-refractivity contribution >= 4 is 5.91 Å². The first-order valence-corrected chi connectivity index (χ1v) is 8.29. The van der Waals surface area contributed by atoms with Crippen molar-refractivity contribution in [2.45, 2.75) is 69.5 Å². The summed E-state index contributed by atoms with van der Waals surface area (Å²) in [4.78, 5) is 14.3. The van der Waals surface area contributed by atoms with Gasteiger partial charge in [0, 0.05) is 26.1 Å². The van der Waals surface area contributed by atoms with Crippen LogP contribution >= 0.6 is 0 Å². The maximum atomic E-state index is 12.3. The summed E-state index contributed by atoms with van der Waals surface area (Å²) in [5.41, 5.74) is -0.359. The highest BCUT2D eigenvalue weighted by Gasteiger charge is 2.44. The maximum Gasteiger partial charge on any atom is 0.222 e. The molecule has 1 amide bonds. The van der Waals surface area contributed by atoms with E-state index in [4.69, 9.17) is 4.74 Å². The number of aliphatic hydroxyl groups is 1. The van der Waals surface area contributed by atoms with Crippen LogP contribution in [0.25, 0.3) is 0 Å². The molecule has 1 atom stereocenters. The lowest BCUT2D eigenvalue weighted by atomic mass is 9.82. The zero-order valence-corrected chi connectivity index (χ0v) is 12.4. The van der Waals surface area contributed by atoms with Gasteiger partial charge < -0.3 is 14.7 Å². The van der Waals surface area contributed by atoms with E-state index < -0.39 is 0 Å². The number of aliphatic hydroxyl groups excluding tert-OH is 1. The number of piperidine rings is 1. The van der Waals surface area contributed by atoms with Gasteiger partial charge in [0.15, 0.2) is 0 Å². The van der Waals surface area contributed by atoms with Crippen LogP contribution in [0.3, 0.4) is 0 Å². The van der Waals surface area contributed by atoms with Crippen LogP contribution in [-0.4, -0.2) is 47.3 Å². The molecule has 0 aromatic heterocycles. The minimum atomic E-state index is -0.359. The third-order valence-corrected chi connectivity index (χ3v) is 5.52. The lowest BCUT2D eigenvalue weighted by Gasteiger charge is -2.46. The largest absolute Gasteiger partial charge is 0.390 e. The second-order valence-corrected chi connectivity index (χ2v) is 6.81. The average molecular weight is 281 g/mol. The van der Waals surface area contributed by atoms with Gasteiger partial charge in [0.25, 0.3) is 0 Å². The van der Waals surface area contributed by atoms with Crippen LogP contribution in [0.5, 0.6) is 0 Å². The molecule has 3 fully saturated rings. The van der Waals surface area contributed by atoms with E-state index in [0.717, 1.165) is 51.8 Å². The summed E-state index contributed by atoms with van der Waals surface area (Å²) in [5, 5.41) is 10.2. The zero-order chi connectivity index (χ0) is 14.0. The second kappa shape index (κ2) is 6.02. The first kappa shape index (κ1) is 14.3. The van der Waals surface area contributed by atoms with Crippen molar-refractivity contribution in [1.29, 1.82) is 0 Å². The van der Waals surface area contributed by atoms with Crippen LogP contribution in [0.4, 0.5) is 0 Å². The Morgan fingerprint density at radius 2 is 1.85 bits per heavy atom. The minimum absolute atomic E-state index is 0.317. The molecular formula is C16H27NO3. The van der Waals surface area contributed by atoms with E-state index in [1.165, 1.54) is 25.7 Å². The first-order chi connectivity index (χ1) is 9.70. The number of hydrogen-bond donors (Lipinski definition) is 1. The Balaban J connectivity index is 1.51. The van der Waals surface area contributed by atoms with E-state index in [1.54, 1.807) is 0 Å². The van der Waals surface area contributed by atoms with Crippen molar-refractivity contribution in [2.24, 2.45) is 5.92 Å². The molecule has 4 heteroatoms. The molecule has 3 aliphatic rings. The molecule has 2 aliphatic heterocycles. The molecule has 0 bridgehead atoms. The summed E-state index contributed by atoms with van der Waals surface area (Å²) in [6.07, 6.45) is 8.82. The third-order valence-electron chi connectivity index (χ3n) is 5.52. The number of hydrogen-bond acceptors (Lipinski definition) is 3. The normalized spacial score (nSPS) is 30.9. The zero-order valence-electron chi connectivity index (χ0n) is 12.4. The molecule has 2 heterocycles. The molecule has 0 aromatic rings. The van der Waals surface area contributed by atoms with Crippen molar-refractivity contribution in [2.75, 3.05) is 19.7 Å². The molecule has 1 saturated carbocycles. The van der Waals surface area contributed by atoms with E-state index in [0.29, 0.717) is 11.8 Å². The minimum Gasteiger partial charge on any atom is -0.390 e. The number of ether oxygens (including phenoxy) is 1. The van der Waals surface area contributed by atoms with Crippen LogP contribution in [0, 0.1) is 5.92 Å². The summed E-state index contributed by atoms with van der Waals surface area (Å²) in [5.74, 6) is 0.937. The van der Waals surface area contributed by atoms with Gasteiger partial charge in [-0.15, -0.1) is 0 Å². The summed E-state index contributed by atoms with van der Waals surface area (Å²) < 4.78 is 5.89. The lowest BCUT2D eigenvalue weighted by Crippen LogP contribution is -2.56. The molecule has 4 nitrogen and oxygen atoms in total. The van der Waals surface area contributed by atoms with Crippen molar-refractivity contribution in [3.05, 3.63) is 0 Å². The Hall–Kier alpha value is -0.610. The average Bonchev–Trinajstić information content (AvgIpc) is 2.96. The highest BCUT2D eigenvalue weighted by atomic mass is 16.5. The van der Waals surface area contributed by atoms with Gasteiger partial charge in [0.2, 0.25) is 5.91 Å². The van der Waals surface area contributed by atoms with Crippen molar-refractivity contribution in [3.63, 3.8) is 0 Å². The predicted octanol–water partition coefficient (Wildman–Crippen LogP) is 2.10. The van der Waals surface area contributed by atoms with Gasteiger partial charge >= 0.3 is 0 Å². The molecule has 0 unspecified atom stereocenters. The summed E-state index contributed by atoms with van der Waals surface area (Å²) in [7, 11) is 0. The van der Waals surface area contributed by atoms with Gasteiger partial charge in [-0.25, -0.2) is 0 Å². The van der Waals surface area contributed by atoms with E-state index >= 15 is 0 Å². The fraction of sp³-hybridized carbons (Fsp3) is 0.938. The van der Waals surface area contributed by atoms with Gasteiger partial charge in [-0.3, -0.25) is 4.79 Å². The van der Waals surface area contributed by atoms with Crippen LogP contribution in [0.2, 0.25) is 0 Å². The first-order valence-electron chi connectivity index (χ1n) is 8.29. The van der Waals surface area contributed by atoms with E-state index in [-0.39, 0.29) is 11.7 Å². The molecule has 0 aromatic carbocycles. The molecule has 114 valence electrons. The second-order valence-electron chi connectivity index (χ2n) is 6.81. The van der Waals surface area contributed by atoms with Crippen LogP contribution in [-0.2, 0) is 9.53 Å². The smallest absolute Gasteiger partial charge is 0.222 e. The Morgan fingerprint density at radius 3 is 2.50 bits per heavy atom. The molecule has 1 spiro atoms. The van der Waals surface area contributed by atoms with Crippen molar-refractivity contribution in [3.8, 4) is 0 Å². The molecule has 0 radical (unpaired) electrons. The molecule has 2 saturated heterocycles. The molecular weight excluding hydrogens is 254 g/mol. The molecule has 1 aliphatic carbocycles. The number of nitrogens with zero attached hydrogens (tertiary/aromatic N) is 1. The fourth-order valence-corrected chi connectivity index (χ4v) is 4.11. The standard InChI is InChI=1S/C16H27NO3/c18-14-6-3-11-20-16(14)7-9-17(10-8-16)15(19)12-13-4-1-2-5-13/h13-14,18H,1-12H2/t14-/m1/s1. The predicted molar refractivity (Wildman–Crippen MR) is 76.3 cm³/mol. The Kier molecular flexibility index (Phi) is 4.32. The molecule has 20 heavy (non-hydrogen) atoms. The van der Waals surface area contributed by atoms with Crippen LogP contribution in [0.15, 0.2) is 0 Å². The monoisotopic (exact) mass is 281 g/mol. The summed E-state index contributed by atoms with van der Waals surface area (Å²) in [6, 6.07) is 0. The molecule has 3 rings (SSSR count). The van der Waals surface area contributed by atoms with E-state index in [2.05, 4.69) is 0 Å². The van der Waals surface area contributed by atoms with Crippen molar-refractivity contribution in [1.82, 2.24) is 4.90 Å². The van der Waals surface area contributed by atoms with Crippen LogP contribution < -0.4 is 0 Å². The highest BCUT2D eigenvalue weighted by molar-refractivity contribution is 5.76. The lowest BCUT2D eigenvalue weighted by molar-refractivity contribution is -0.179. The van der Waals surface area contributed by atoms with Gasteiger partial charge in [0.1, 0.15) is 0 Å². The number of likely N-dealkylation sites (tertiary alicyclic amines) is 1. The Labute approximate surface area is 121 Å². The number of rotatable bonds is 2.